The molecule has 0 unspecified atom stereocenters. The number of nitrogens with one attached hydrogen (secondary N) is 2. The summed E-state index contributed by atoms with van der Waals surface area (Å²) in [5.41, 5.74) is 6.15. The standard InChI is InChI=1S/C29H30N8O3/c1-20-7-9-24(10-8-20)31-27-32-28(35-30-19-23-18-25(37(39)40)11-12-26(23)38)34-29(33-27)36-15-13-22(14-16-36)17-21-5-3-2-4-6-21/h2-12,18-19,22,38H,13-17H2,1H3,(H2,31,32,33,34,35)/b30-19-. The number of aryl methyl sites for hydroxylation is 1. The number of nitro groups is 1. The fraction of sp³-hybridized carbons (Fsp3) is 0.241. The minimum atomic E-state index is -0.533. The van der Waals surface area contributed by atoms with Crippen LogP contribution in [0.15, 0.2) is 77.9 Å². The first-order valence-electron chi connectivity index (χ1n) is 13.1. The summed E-state index contributed by atoms with van der Waals surface area (Å²) in [5, 5.41) is 28.5. The number of hydrogen-bond acceptors (Lipinski definition) is 10. The van der Waals surface area contributed by atoms with Gasteiger partial charge in [-0.1, -0.05) is 48.0 Å². The third-order valence-corrected chi connectivity index (χ3v) is 6.79. The molecule has 1 saturated heterocycles. The van der Waals surface area contributed by atoms with Crippen LogP contribution in [0.4, 0.5) is 29.2 Å². The van der Waals surface area contributed by atoms with E-state index in [0.717, 1.165) is 43.6 Å². The molecular formula is C29H30N8O3. The molecule has 0 aliphatic carbocycles. The van der Waals surface area contributed by atoms with Crippen LogP contribution in [0.3, 0.4) is 0 Å². The van der Waals surface area contributed by atoms with E-state index in [1.165, 1.54) is 30.0 Å². The van der Waals surface area contributed by atoms with E-state index in [2.05, 4.69) is 60.0 Å². The topological polar surface area (TPSA) is 142 Å². The summed E-state index contributed by atoms with van der Waals surface area (Å²) in [6, 6.07) is 22.2. The molecule has 2 heterocycles. The Bertz CT molecular complexity index is 1490. The lowest BCUT2D eigenvalue weighted by Crippen LogP contribution is -2.35. The largest absolute Gasteiger partial charge is 0.507 e. The highest BCUT2D eigenvalue weighted by Gasteiger charge is 2.22. The molecule has 3 N–H and O–H groups in total. The molecule has 1 aromatic heterocycles. The number of hydrazone groups is 1. The number of aromatic nitrogens is 3. The molecule has 5 rings (SSSR count). The average Bonchev–Trinajstić information content (AvgIpc) is 2.96. The van der Waals surface area contributed by atoms with Crippen LogP contribution in [-0.4, -0.2) is 44.3 Å². The van der Waals surface area contributed by atoms with Crippen LogP contribution < -0.4 is 15.6 Å². The van der Waals surface area contributed by atoms with Gasteiger partial charge in [0.2, 0.25) is 17.8 Å². The number of phenolic OH excluding ortho intramolecular Hbond substituents is 1. The van der Waals surface area contributed by atoms with Gasteiger partial charge >= 0.3 is 0 Å². The summed E-state index contributed by atoms with van der Waals surface area (Å²) in [5.74, 6) is 1.55. The van der Waals surface area contributed by atoms with Crippen molar-refractivity contribution in [3.05, 3.63) is 99.6 Å². The molecule has 11 heteroatoms. The lowest BCUT2D eigenvalue weighted by Gasteiger charge is -2.32. The van der Waals surface area contributed by atoms with E-state index in [9.17, 15) is 15.2 Å². The van der Waals surface area contributed by atoms with Gasteiger partial charge in [-0.15, -0.1) is 0 Å². The van der Waals surface area contributed by atoms with Gasteiger partial charge < -0.3 is 15.3 Å². The van der Waals surface area contributed by atoms with Gasteiger partial charge in [-0.2, -0.15) is 20.1 Å². The summed E-state index contributed by atoms with van der Waals surface area (Å²) < 4.78 is 0. The SMILES string of the molecule is Cc1ccc(Nc2nc(N/N=C\c3cc([N+](=O)[O-])ccc3O)nc(N3CCC(Cc4ccccc4)CC3)n2)cc1. The van der Waals surface area contributed by atoms with Gasteiger partial charge in [0, 0.05) is 36.5 Å². The molecule has 3 aromatic carbocycles. The second-order valence-corrected chi connectivity index (χ2v) is 9.76. The summed E-state index contributed by atoms with van der Waals surface area (Å²) in [6.07, 6.45) is 4.38. The van der Waals surface area contributed by atoms with Crippen LogP contribution in [0, 0.1) is 23.0 Å². The Kier molecular flexibility index (Phi) is 8.10. The average molecular weight is 539 g/mol. The van der Waals surface area contributed by atoms with Crippen molar-refractivity contribution in [3.63, 3.8) is 0 Å². The number of piperidine rings is 1. The fourth-order valence-electron chi connectivity index (χ4n) is 4.58. The van der Waals surface area contributed by atoms with Gasteiger partial charge in [-0.05, 0) is 55.9 Å². The minimum Gasteiger partial charge on any atom is -0.507 e. The van der Waals surface area contributed by atoms with Gasteiger partial charge in [-0.25, -0.2) is 5.43 Å². The zero-order chi connectivity index (χ0) is 27.9. The minimum absolute atomic E-state index is 0.132. The van der Waals surface area contributed by atoms with Crippen LogP contribution in [0.2, 0.25) is 0 Å². The Morgan fingerprint density at radius 3 is 2.48 bits per heavy atom. The summed E-state index contributed by atoms with van der Waals surface area (Å²) in [6.45, 7) is 3.65. The Morgan fingerprint density at radius 2 is 1.75 bits per heavy atom. The molecule has 40 heavy (non-hydrogen) atoms. The Hall–Kier alpha value is -5.06. The molecule has 0 bridgehead atoms. The van der Waals surface area contributed by atoms with Gasteiger partial charge in [-0.3, -0.25) is 10.1 Å². The van der Waals surface area contributed by atoms with Crippen molar-refractivity contribution in [3.8, 4) is 5.75 Å². The maximum absolute atomic E-state index is 11.1. The molecular weight excluding hydrogens is 508 g/mol. The van der Waals surface area contributed by atoms with Crippen molar-refractivity contribution in [2.24, 2.45) is 11.0 Å². The zero-order valence-electron chi connectivity index (χ0n) is 22.1. The highest BCUT2D eigenvalue weighted by atomic mass is 16.6. The first-order chi connectivity index (χ1) is 19.4. The third kappa shape index (κ3) is 6.87. The number of non-ortho nitro benzene ring substituents is 1. The number of nitro benzene ring substituents is 1. The lowest BCUT2D eigenvalue weighted by molar-refractivity contribution is -0.384. The van der Waals surface area contributed by atoms with Gasteiger partial charge in [0.25, 0.3) is 5.69 Å². The second kappa shape index (κ2) is 12.2. The number of nitrogens with zero attached hydrogens (tertiary/aromatic N) is 6. The summed E-state index contributed by atoms with van der Waals surface area (Å²) >= 11 is 0. The highest BCUT2D eigenvalue weighted by molar-refractivity contribution is 5.84. The van der Waals surface area contributed by atoms with Gasteiger partial charge in [0.1, 0.15) is 5.75 Å². The van der Waals surface area contributed by atoms with E-state index in [1.54, 1.807) is 0 Å². The van der Waals surface area contributed by atoms with Crippen LogP contribution in [0.25, 0.3) is 0 Å². The summed E-state index contributed by atoms with van der Waals surface area (Å²) in [4.78, 5) is 26.4. The van der Waals surface area contributed by atoms with E-state index in [-0.39, 0.29) is 22.9 Å². The molecule has 4 aromatic rings. The molecule has 0 saturated carbocycles. The van der Waals surface area contributed by atoms with E-state index in [1.807, 2.05) is 37.3 Å². The molecule has 11 nitrogen and oxygen atoms in total. The van der Waals surface area contributed by atoms with E-state index in [0.29, 0.717) is 17.8 Å². The zero-order valence-corrected chi connectivity index (χ0v) is 22.1. The van der Waals surface area contributed by atoms with Crippen molar-refractivity contribution in [1.29, 1.82) is 0 Å². The van der Waals surface area contributed by atoms with Crippen LogP contribution in [-0.2, 0) is 6.42 Å². The molecule has 204 valence electrons. The first-order valence-corrected chi connectivity index (χ1v) is 13.1. The highest BCUT2D eigenvalue weighted by Crippen LogP contribution is 2.26. The smallest absolute Gasteiger partial charge is 0.270 e. The molecule has 1 aliphatic heterocycles. The number of anilines is 4. The van der Waals surface area contributed by atoms with E-state index < -0.39 is 4.92 Å². The number of phenols is 1. The van der Waals surface area contributed by atoms with E-state index in [4.69, 9.17) is 0 Å². The Balaban J connectivity index is 1.33. The Labute approximate surface area is 231 Å². The van der Waals surface area contributed by atoms with Crippen molar-refractivity contribution >= 4 is 35.4 Å². The monoisotopic (exact) mass is 538 g/mol. The maximum Gasteiger partial charge on any atom is 0.270 e. The Morgan fingerprint density at radius 1 is 1.02 bits per heavy atom. The summed E-state index contributed by atoms with van der Waals surface area (Å²) in [7, 11) is 0. The lowest BCUT2D eigenvalue weighted by atomic mass is 9.90. The van der Waals surface area contributed by atoms with Crippen molar-refractivity contribution in [2.45, 2.75) is 26.2 Å². The molecule has 1 aliphatic rings. The van der Waals surface area contributed by atoms with Crippen LogP contribution in [0.5, 0.6) is 5.75 Å². The third-order valence-electron chi connectivity index (χ3n) is 6.79. The number of rotatable bonds is 9. The van der Waals surface area contributed by atoms with Crippen molar-refractivity contribution in [2.75, 3.05) is 28.7 Å². The number of benzene rings is 3. The van der Waals surface area contributed by atoms with Crippen LogP contribution in [0.1, 0.15) is 29.5 Å². The van der Waals surface area contributed by atoms with E-state index >= 15 is 0 Å². The molecule has 0 spiro atoms. The predicted molar refractivity (Wildman–Crippen MR) is 155 cm³/mol. The molecule has 1 fully saturated rings. The van der Waals surface area contributed by atoms with Crippen LogP contribution >= 0.6 is 0 Å². The quantitative estimate of drug-likeness (QED) is 0.144. The fourth-order valence-corrected chi connectivity index (χ4v) is 4.58. The first kappa shape index (κ1) is 26.5. The number of hydrogen-bond donors (Lipinski definition) is 3. The number of aromatic hydroxyl groups is 1. The predicted octanol–water partition coefficient (Wildman–Crippen LogP) is 5.44. The molecule has 0 atom stereocenters. The van der Waals surface area contributed by atoms with Crippen molar-refractivity contribution in [1.82, 2.24) is 15.0 Å². The van der Waals surface area contributed by atoms with Gasteiger partial charge in [0.15, 0.2) is 0 Å². The molecule has 0 radical (unpaired) electrons. The second-order valence-electron chi connectivity index (χ2n) is 9.76. The van der Waals surface area contributed by atoms with Crippen molar-refractivity contribution < 1.29 is 10.0 Å². The maximum atomic E-state index is 11.1. The van der Waals surface area contributed by atoms with Gasteiger partial charge in [0.05, 0.1) is 11.1 Å². The normalized spacial score (nSPS) is 13.9. The molecule has 0 amide bonds.